The molecule has 0 aliphatic carbocycles. The van der Waals surface area contributed by atoms with Crippen molar-refractivity contribution in [1.29, 1.82) is 0 Å². The van der Waals surface area contributed by atoms with Gasteiger partial charge in [-0.3, -0.25) is 4.79 Å². The van der Waals surface area contributed by atoms with Crippen LogP contribution in [0.2, 0.25) is 0 Å². The SMILES string of the molecule is CCNC(=O)c1ccc(-c2cc(C(C)C)c(OCc3ccccc3)cc2OCc2ccccc2)n1-c1ccc(N(C)C)cc1. The Bertz CT molecular complexity index is 1670. The van der Waals surface area contributed by atoms with Crippen LogP contribution in [0.15, 0.2) is 109 Å². The number of carbonyl (C=O) groups is 1. The van der Waals surface area contributed by atoms with Crippen LogP contribution in [-0.4, -0.2) is 31.1 Å². The zero-order valence-corrected chi connectivity index (χ0v) is 26.2. The lowest BCUT2D eigenvalue weighted by molar-refractivity contribution is 0.0949. The summed E-state index contributed by atoms with van der Waals surface area (Å²) in [4.78, 5) is 15.4. The third-order valence-corrected chi connectivity index (χ3v) is 7.56. The number of rotatable bonds is 12. The minimum absolute atomic E-state index is 0.130. The third kappa shape index (κ3) is 6.97. The van der Waals surface area contributed by atoms with E-state index in [0.717, 1.165) is 45.1 Å². The number of nitrogens with one attached hydrogen (secondary N) is 1. The van der Waals surface area contributed by atoms with Crippen molar-refractivity contribution < 1.29 is 14.3 Å². The summed E-state index contributed by atoms with van der Waals surface area (Å²) in [5.41, 5.74) is 7.52. The first-order chi connectivity index (χ1) is 21.4. The number of hydrogen-bond acceptors (Lipinski definition) is 4. The molecule has 1 amide bonds. The Hall–Kier alpha value is -4.97. The topological polar surface area (TPSA) is 55.7 Å². The fourth-order valence-corrected chi connectivity index (χ4v) is 5.20. The van der Waals surface area contributed by atoms with Gasteiger partial charge < -0.3 is 24.3 Å². The van der Waals surface area contributed by atoms with Gasteiger partial charge in [-0.05, 0) is 72.0 Å². The van der Waals surface area contributed by atoms with Gasteiger partial charge >= 0.3 is 0 Å². The second-order valence-corrected chi connectivity index (χ2v) is 11.3. The van der Waals surface area contributed by atoms with Gasteiger partial charge in [-0.1, -0.05) is 74.5 Å². The average molecular weight is 588 g/mol. The maximum Gasteiger partial charge on any atom is 0.268 e. The summed E-state index contributed by atoms with van der Waals surface area (Å²) < 4.78 is 15.0. The third-order valence-electron chi connectivity index (χ3n) is 7.56. The Kier molecular flexibility index (Phi) is 9.70. The van der Waals surface area contributed by atoms with E-state index in [0.29, 0.717) is 31.2 Å². The van der Waals surface area contributed by atoms with E-state index in [2.05, 4.69) is 66.5 Å². The molecular weight excluding hydrogens is 546 g/mol. The van der Waals surface area contributed by atoms with Crippen LogP contribution < -0.4 is 19.7 Å². The molecule has 1 heterocycles. The molecule has 6 nitrogen and oxygen atoms in total. The summed E-state index contributed by atoms with van der Waals surface area (Å²) in [6.07, 6.45) is 0. The van der Waals surface area contributed by atoms with Crippen molar-refractivity contribution in [3.63, 3.8) is 0 Å². The highest BCUT2D eigenvalue weighted by atomic mass is 16.5. The summed E-state index contributed by atoms with van der Waals surface area (Å²) in [7, 11) is 4.03. The minimum atomic E-state index is -0.130. The largest absolute Gasteiger partial charge is 0.488 e. The van der Waals surface area contributed by atoms with Gasteiger partial charge in [-0.25, -0.2) is 0 Å². The predicted octanol–water partition coefficient (Wildman–Crippen LogP) is 8.24. The van der Waals surface area contributed by atoms with Gasteiger partial charge in [-0.2, -0.15) is 0 Å². The quantitative estimate of drug-likeness (QED) is 0.160. The van der Waals surface area contributed by atoms with Crippen LogP contribution in [0.3, 0.4) is 0 Å². The van der Waals surface area contributed by atoms with E-state index in [1.54, 1.807) is 0 Å². The Morgan fingerprint density at radius 2 is 1.36 bits per heavy atom. The van der Waals surface area contributed by atoms with Crippen LogP contribution in [-0.2, 0) is 13.2 Å². The molecule has 4 aromatic carbocycles. The molecule has 0 atom stereocenters. The smallest absolute Gasteiger partial charge is 0.268 e. The second-order valence-electron chi connectivity index (χ2n) is 11.3. The van der Waals surface area contributed by atoms with Crippen molar-refractivity contribution in [3.8, 4) is 28.4 Å². The normalized spacial score (nSPS) is 11.0. The molecule has 0 fully saturated rings. The fraction of sp³-hybridized carbons (Fsp3) is 0.237. The maximum absolute atomic E-state index is 13.3. The molecule has 0 aliphatic rings. The molecule has 6 heteroatoms. The summed E-state index contributed by atoms with van der Waals surface area (Å²) in [5.74, 6) is 1.53. The van der Waals surface area contributed by atoms with Gasteiger partial charge in [0, 0.05) is 43.6 Å². The highest BCUT2D eigenvalue weighted by Gasteiger charge is 2.23. The first-order valence-electron chi connectivity index (χ1n) is 15.1. The average Bonchev–Trinajstić information content (AvgIpc) is 3.49. The van der Waals surface area contributed by atoms with E-state index in [4.69, 9.17) is 9.47 Å². The molecule has 0 radical (unpaired) electrons. The summed E-state index contributed by atoms with van der Waals surface area (Å²) in [6, 6.07) is 36.6. The van der Waals surface area contributed by atoms with Crippen LogP contribution >= 0.6 is 0 Å². The van der Waals surface area contributed by atoms with Gasteiger partial charge in [0.05, 0.1) is 5.69 Å². The van der Waals surface area contributed by atoms with E-state index < -0.39 is 0 Å². The van der Waals surface area contributed by atoms with Gasteiger partial charge in [0.1, 0.15) is 30.4 Å². The Balaban J connectivity index is 1.66. The van der Waals surface area contributed by atoms with E-state index in [9.17, 15) is 4.79 Å². The summed E-state index contributed by atoms with van der Waals surface area (Å²) in [5, 5.41) is 2.98. The highest BCUT2D eigenvalue weighted by molar-refractivity contribution is 5.95. The van der Waals surface area contributed by atoms with Crippen molar-refractivity contribution in [1.82, 2.24) is 9.88 Å². The van der Waals surface area contributed by atoms with Crippen molar-refractivity contribution in [2.75, 3.05) is 25.5 Å². The molecule has 0 bridgehead atoms. The Labute approximate surface area is 260 Å². The standard InChI is InChI=1S/C38H41N3O3/c1-6-39-38(42)35-22-21-34(41(35)31-19-17-30(18-20-31)40(4)5)33-23-32(27(2)3)36(43-25-28-13-9-7-10-14-28)24-37(33)44-26-29-15-11-8-12-16-29/h7-24,27H,6,25-26H2,1-5H3,(H,39,42). The summed E-state index contributed by atoms with van der Waals surface area (Å²) >= 11 is 0. The fourth-order valence-electron chi connectivity index (χ4n) is 5.20. The summed E-state index contributed by atoms with van der Waals surface area (Å²) in [6.45, 7) is 7.64. The number of carbonyl (C=O) groups excluding carboxylic acids is 1. The Morgan fingerprint density at radius 3 is 1.91 bits per heavy atom. The first-order valence-corrected chi connectivity index (χ1v) is 15.1. The van der Waals surface area contributed by atoms with Crippen LogP contribution in [0.4, 0.5) is 5.69 Å². The van der Waals surface area contributed by atoms with E-state index in [-0.39, 0.29) is 11.8 Å². The second kappa shape index (κ2) is 14.0. The lowest BCUT2D eigenvalue weighted by Crippen LogP contribution is -2.25. The van der Waals surface area contributed by atoms with Crippen LogP contribution in [0, 0.1) is 0 Å². The molecule has 0 spiro atoms. The molecule has 1 N–H and O–H groups in total. The maximum atomic E-state index is 13.3. The van der Waals surface area contributed by atoms with Crippen LogP contribution in [0.5, 0.6) is 11.5 Å². The molecule has 44 heavy (non-hydrogen) atoms. The van der Waals surface area contributed by atoms with Gasteiger partial charge in [0.2, 0.25) is 0 Å². The number of benzene rings is 4. The van der Waals surface area contributed by atoms with Crippen LogP contribution in [0.25, 0.3) is 16.9 Å². The number of amides is 1. The molecule has 226 valence electrons. The zero-order chi connectivity index (χ0) is 31.1. The molecule has 0 saturated heterocycles. The van der Waals surface area contributed by atoms with Crippen molar-refractivity contribution in [3.05, 3.63) is 132 Å². The monoisotopic (exact) mass is 587 g/mol. The number of aromatic nitrogens is 1. The molecule has 0 unspecified atom stereocenters. The Morgan fingerprint density at radius 1 is 0.773 bits per heavy atom. The molecule has 0 aliphatic heterocycles. The molecule has 5 rings (SSSR count). The van der Waals surface area contributed by atoms with Gasteiger partial charge in [0.25, 0.3) is 5.91 Å². The number of ether oxygens (including phenoxy) is 2. The van der Waals surface area contributed by atoms with E-state index in [1.165, 1.54) is 0 Å². The molecule has 1 aromatic heterocycles. The van der Waals surface area contributed by atoms with Gasteiger partial charge in [0.15, 0.2) is 0 Å². The van der Waals surface area contributed by atoms with E-state index in [1.807, 2.05) is 92.3 Å². The highest BCUT2D eigenvalue weighted by Crippen LogP contribution is 2.41. The lowest BCUT2D eigenvalue weighted by Gasteiger charge is -2.21. The zero-order valence-electron chi connectivity index (χ0n) is 26.2. The van der Waals surface area contributed by atoms with Crippen molar-refractivity contribution in [2.24, 2.45) is 0 Å². The molecular formula is C38H41N3O3. The van der Waals surface area contributed by atoms with E-state index >= 15 is 0 Å². The van der Waals surface area contributed by atoms with Crippen molar-refractivity contribution in [2.45, 2.75) is 39.9 Å². The number of nitrogens with zero attached hydrogens (tertiary/aromatic N) is 2. The van der Waals surface area contributed by atoms with Crippen molar-refractivity contribution >= 4 is 11.6 Å². The number of anilines is 1. The van der Waals surface area contributed by atoms with Gasteiger partial charge in [-0.15, -0.1) is 0 Å². The minimum Gasteiger partial charge on any atom is -0.488 e. The number of hydrogen-bond donors (Lipinski definition) is 1. The first kappa shape index (κ1) is 30.5. The lowest BCUT2D eigenvalue weighted by atomic mass is 9.97. The van der Waals surface area contributed by atoms with Crippen LogP contribution in [0.1, 0.15) is 53.9 Å². The molecule has 5 aromatic rings. The predicted molar refractivity (Wildman–Crippen MR) is 179 cm³/mol. The molecule has 0 saturated carbocycles.